The molecule has 1 unspecified atom stereocenters. The average Bonchev–Trinajstić information content (AvgIpc) is 3.15. The summed E-state index contributed by atoms with van der Waals surface area (Å²) >= 11 is 0. The van der Waals surface area contributed by atoms with E-state index in [2.05, 4.69) is 17.0 Å². The van der Waals surface area contributed by atoms with Crippen LogP contribution in [0.1, 0.15) is 36.4 Å². The van der Waals surface area contributed by atoms with E-state index in [-0.39, 0.29) is 6.04 Å². The Morgan fingerprint density at radius 1 is 0.875 bits per heavy atom. The van der Waals surface area contributed by atoms with Crippen molar-refractivity contribution in [2.45, 2.75) is 36.7 Å². The summed E-state index contributed by atoms with van der Waals surface area (Å²) in [6.07, 6.45) is 3.08. The highest BCUT2D eigenvalue weighted by Gasteiger charge is 2.29. The molecule has 2 aromatic rings. The van der Waals surface area contributed by atoms with Gasteiger partial charge in [0.2, 0.25) is 10.0 Å². The van der Waals surface area contributed by atoms with Crippen LogP contribution in [-0.4, -0.2) is 63.7 Å². The Balaban J connectivity index is 1.34. The summed E-state index contributed by atoms with van der Waals surface area (Å²) in [5.74, 6) is 1.64. The number of nitrogens with zero attached hydrogens (tertiary/aromatic N) is 2. The van der Waals surface area contributed by atoms with Crippen LogP contribution < -0.4 is 9.47 Å². The van der Waals surface area contributed by atoms with Gasteiger partial charge in [-0.3, -0.25) is 4.90 Å². The van der Waals surface area contributed by atoms with Gasteiger partial charge < -0.3 is 14.2 Å². The van der Waals surface area contributed by atoms with Crippen LogP contribution in [0.3, 0.4) is 0 Å². The molecule has 5 rings (SSSR count). The third-order valence-electron chi connectivity index (χ3n) is 6.41. The maximum absolute atomic E-state index is 13.1. The minimum atomic E-state index is -3.49. The molecule has 0 aromatic heterocycles. The molecule has 3 aliphatic rings. The van der Waals surface area contributed by atoms with Crippen molar-refractivity contribution in [3.8, 4) is 11.5 Å². The van der Waals surface area contributed by atoms with Gasteiger partial charge in [0.1, 0.15) is 0 Å². The summed E-state index contributed by atoms with van der Waals surface area (Å²) in [5, 5.41) is 0. The molecule has 0 amide bonds. The Labute approximate surface area is 189 Å². The first kappa shape index (κ1) is 21.7. The minimum Gasteiger partial charge on any atom is -0.490 e. The average molecular weight is 459 g/mol. The lowest BCUT2D eigenvalue weighted by Crippen LogP contribution is -2.40. The second-order valence-electron chi connectivity index (χ2n) is 8.55. The van der Waals surface area contributed by atoms with E-state index >= 15 is 0 Å². The number of likely N-dealkylation sites (tertiary alicyclic amines) is 1. The molecule has 32 heavy (non-hydrogen) atoms. The molecule has 0 radical (unpaired) electrons. The Morgan fingerprint density at radius 3 is 2.53 bits per heavy atom. The second-order valence-corrected chi connectivity index (χ2v) is 10.5. The van der Waals surface area contributed by atoms with Crippen LogP contribution in [-0.2, 0) is 21.3 Å². The van der Waals surface area contributed by atoms with E-state index in [9.17, 15) is 8.42 Å². The largest absolute Gasteiger partial charge is 0.490 e. The highest BCUT2D eigenvalue weighted by atomic mass is 32.2. The van der Waals surface area contributed by atoms with Crippen molar-refractivity contribution in [3.63, 3.8) is 0 Å². The van der Waals surface area contributed by atoms with E-state index in [0.717, 1.165) is 42.9 Å². The van der Waals surface area contributed by atoms with Gasteiger partial charge in [0, 0.05) is 32.1 Å². The number of morpholine rings is 1. The van der Waals surface area contributed by atoms with Crippen molar-refractivity contribution in [2.24, 2.45) is 0 Å². The Bertz CT molecular complexity index is 1050. The predicted molar refractivity (Wildman–Crippen MR) is 120 cm³/mol. The van der Waals surface area contributed by atoms with E-state index in [0.29, 0.717) is 51.0 Å². The predicted octanol–water partition coefficient (Wildman–Crippen LogP) is 3.21. The van der Waals surface area contributed by atoms with Gasteiger partial charge in [0.15, 0.2) is 11.5 Å². The standard InChI is InChI=1S/C24H30N2O5S/c27-32(28,26-10-14-29-15-11-26)21-5-1-4-19(16-21)18-25-9-2-6-22(25)20-7-8-23-24(17-20)31-13-3-12-30-23/h1,4-5,7-8,16-17,22H,2-3,6,9-15,18H2. The number of fused-ring (bicyclic) bond motifs is 1. The van der Waals surface area contributed by atoms with Crippen molar-refractivity contribution in [3.05, 3.63) is 53.6 Å². The fraction of sp³-hybridized carbons (Fsp3) is 0.500. The highest BCUT2D eigenvalue weighted by Crippen LogP contribution is 2.38. The first-order valence-electron chi connectivity index (χ1n) is 11.4. The summed E-state index contributed by atoms with van der Waals surface area (Å²) in [4.78, 5) is 2.79. The van der Waals surface area contributed by atoms with Gasteiger partial charge in [-0.2, -0.15) is 4.31 Å². The number of hydrogen-bond acceptors (Lipinski definition) is 6. The number of ether oxygens (including phenoxy) is 3. The molecule has 1 atom stereocenters. The SMILES string of the molecule is O=S(=O)(c1cccc(CN2CCCC2c2ccc3c(c2)OCCCO3)c1)N1CCOCC1. The zero-order chi connectivity index (χ0) is 22.0. The van der Waals surface area contributed by atoms with Gasteiger partial charge in [-0.15, -0.1) is 0 Å². The molecule has 0 N–H and O–H groups in total. The Morgan fingerprint density at radius 2 is 1.69 bits per heavy atom. The van der Waals surface area contributed by atoms with Crippen molar-refractivity contribution in [2.75, 3.05) is 46.1 Å². The van der Waals surface area contributed by atoms with Gasteiger partial charge in [0.25, 0.3) is 0 Å². The lowest BCUT2D eigenvalue weighted by molar-refractivity contribution is 0.0730. The molecular formula is C24H30N2O5S. The summed E-state index contributed by atoms with van der Waals surface area (Å²) in [7, 11) is -3.49. The number of benzene rings is 2. The van der Waals surface area contributed by atoms with Crippen molar-refractivity contribution < 1.29 is 22.6 Å². The Hall–Kier alpha value is -2.13. The monoisotopic (exact) mass is 458 g/mol. The lowest BCUT2D eigenvalue weighted by atomic mass is 10.0. The first-order valence-corrected chi connectivity index (χ1v) is 12.9. The van der Waals surface area contributed by atoms with Gasteiger partial charge in [0.05, 0.1) is 31.3 Å². The number of rotatable bonds is 5. The zero-order valence-electron chi connectivity index (χ0n) is 18.2. The van der Waals surface area contributed by atoms with E-state index in [1.54, 1.807) is 6.07 Å². The molecular weight excluding hydrogens is 428 g/mol. The van der Waals surface area contributed by atoms with Crippen LogP contribution in [0.15, 0.2) is 47.4 Å². The number of hydrogen-bond donors (Lipinski definition) is 0. The van der Waals surface area contributed by atoms with E-state index in [4.69, 9.17) is 14.2 Å². The van der Waals surface area contributed by atoms with E-state index in [1.807, 2.05) is 24.3 Å². The molecule has 0 bridgehead atoms. The quantitative estimate of drug-likeness (QED) is 0.686. The second kappa shape index (κ2) is 9.39. The fourth-order valence-electron chi connectivity index (χ4n) is 4.75. The lowest BCUT2D eigenvalue weighted by Gasteiger charge is -2.27. The third-order valence-corrected chi connectivity index (χ3v) is 8.31. The molecule has 2 saturated heterocycles. The van der Waals surface area contributed by atoms with Gasteiger partial charge >= 0.3 is 0 Å². The van der Waals surface area contributed by atoms with Gasteiger partial charge in [-0.1, -0.05) is 18.2 Å². The highest BCUT2D eigenvalue weighted by molar-refractivity contribution is 7.89. The molecule has 8 heteroatoms. The zero-order valence-corrected chi connectivity index (χ0v) is 19.1. The number of sulfonamides is 1. The molecule has 2 fully saturated rings. The molecule has 7 nitrogen and oxygen atoms in total. The first-order chi connectivity index (χ1) is 15.6. The van der Waals surface area contributed by atoms with Crippen LogP contribution in [0, 0.1) is 0 Å². The maximum atomic E-state index is 13.1. The summed E-state index contributed by atoms with van der Waals surface area (Å²) in [6, 6.07) is 13.9. The third kappa shape index (κ3) is 4.50. The molecule has 172 valence electrons. The molecule has 2 aromatic carbocycles. The summed E-state index contributed by atoms with van der Waals surface area (Å²) in [6.45, 7) is 4.77. The maximum Gasteiger partial charge on any atom is 0.243 e. The van der Waals surface area contributed by atoms with E-state index in [1.165, 1.54) is 9.87 Å². The molecule has 3 heterocycles. The van der Waals surface area contributed by atoms with Crippen LogP contribution in [0.5, 0.6) is 11.5 Å². The minimum absolute atomic E-state index is 0.284. The molecule has 3 aliphatic heterocycles. The van der Waals surface area contributed by atoms with Crippen molar-refractivity contribution in [1.82, 2.24) is 9.21 Å². The van der Waals surface area contributed by atoms with Gasteiger partial charge in [-0.05, 0) is 54.8 Å². The normalized spacial score (nSPS) is 22.6. The molecule has 0 aliphatic carbocycles. The van der Waals surface area contributed by atoms with Gasteiger partial charge in [-0.25, -0.2) is 8.42 Å². The van der Waals surface area contributed by atoms with E-state index < -0.39 is 10.0 Å². The Kier molecular flexibility index (Phi) is 6.37. The topological polar surface area (TPSA) is 68.3 Å². The smallest absolute Gasteiger partial charge is 0.243 e. The van der Waals surface area contributed by atoms with Crippen molar-refractivity contribution in [1.29, 1.82) is 0 Å². The van der Waals surface area contributed by atoms with Crippen LogP contribution in [0.2, 0.25) is 0 Å². The van der Waals surface area contributed by atoms with Crippen LogP contribution in [0.25, 0.3) is 0 Å². The van der Waals surface area contributed by atoms with Crippen LogP contribution in [0.4, 0.5) is 0 Å². The fourth-order valence-corrected chi connectivity index (χ4v) is 6.23. The molecule has 0 spiro atoms. The van der Waals surface area contributed by atoms with Crippen LogP contribution >= 0.6 is 0 Å². The summed E-state index contributed by atoms with van der Waals surface area (Å²) in [5.41, 5.74) is 2.24. The summed E-state index contributed by atoms with van der Waals surface area (Å²) < 4.78 is 44.6. The molecule has 0 saturated carbocycles. The van der Waals surface area contributed by atoms with Crippen molar-refractivity contribution >= 4 is 10.0 Å².